The molecule has 1 amide bonds. The van der Waals surface area contributed by atoms with Crippen LogP contribution in [0, 0.1) is 0 Å². The van der Waals surface area contributed by atoms with Crippen molar-refractivity contribution >= 4 is 33.7 Å². The third-order valence-electron chi connectivity index (χ3n) is 3.25. The van der Waals surface area contributed by atoms with E-state index in [9.17, 15) is 9.59 Å². The molecule has 0 bridgehead atoms. The van der Waals surface area contributed by atoms with E-state index in [1.165, 1.54) is 7.11 Å². The highest BCUT2D eigenvalue weighted by molar-refractivity contribution is 9.10. The van der Waals surface area contributed by atoms with Crippen molar-refractivity contribution in [1.82, 2.24) is 5.16 Å². The number of carbonyl (C=O) groups excluding carboxylic acids is 2. The molecule has 1 N–H and O–H groups in total. The third kappa shape index (κ3) is 5.06. The van der Waals surface area contributed by atoms with Gasteiger partial charge in [-0.1, -0.05) is 25.9 Å². The summed E-state index contributed by atoms with van der Waals surface area (Å²) in [6.45, 7) is 5.76. The molecule has 134 valence electrons. The summed E-state index contributed by atoms with van der Waals surface area (Å²) in [5.41, 5.74) is 0.947. The lowest BCUT2D eigenvalue weighted by Crippen LogP contribution is -2.20. The zero-order chi connectivity index (χ0) is 18.6. The number of esters is 1. The third-order valence-corrected chi connectivity index (χ3v) is 3.87. The summed E-state index contributed by atoms with van der Waals surface area (Å²) in [5.74, 6) is -0.153. The number of methoxy groups -OCH3 is 1. The molecule has 0 radical (unpaired) electrons. The summed E-state index contributed by atoms with van der Waals surface area (Å²) >= 11 is 3.29. The van der Waals surface area contributed by atoms with Crippen LogP contribution in [-0.4, -0.2) is 30.7 Å². The Morgan fingerprint density at radius 3 is 2.56 bits per heavy atom. The molecule has 1 aromatic heterocycles. The fourth-order valence-corrected chi connectivity index (χ4v) is 2.36. The van der Waals surface area contributed by atoms with Gasteiger partial charge in [-0.25, -0.2) is 4.79 Å². The van der Waals surface area contributed by atoms with E-state index < -0.39 is 5.97 Å². The minimum atomic E-state index is -0.454. The predicted octanol–water partition coefficient (Wildman–Crippen LogP) is 3.54. The molecule has 0 spiro atoms. The van der Waals surface area contributed by atoms with Gasteiger partial charge in [0.15, 0.2) is 6.61 Å². The fourth-order valence-electron chi connectivity index (χ4n) is 1.87. The van der Waals surface area contributed by atoms with Crippen molar-refractivity contribution in [2.75, 3.05) is 19.0 Å². The van der Waals surface area contributed by atoms with Gasteiger partial charge in [-0.3, -0.25) is 10.1 Å². The predicted molar refractivity (Wildman–Crippen MR) is 94.8 cm³/mol. The van der Waals surface area contributed by atoms with Crippen LogP contribution >= 0.6 is 15.9 Å². The van der Waals surface area contributed by atoms with Crippen molar-refractivity contribution in [3.05, 3.63) is 40.0 Å². The average molecular weight is 411 g/mol. The van der Waals surface area contributed by atoms with Gasteiger partial charge in [-0.15, -0.1) is 0 Å². The Morgan fingerprint density at radius 1 is 1.28 bits per heavy atom. The second-order valence-corrected chi connectivity index (χ2v) is 7.15. The van der Waals surface area contributed by atoms with E-state index >= 15 is 0 Å². The fraction of sp³-hybridized carbons (Fsp3) is 0.353. The Kier molecular flexibility index (Phi) is 5.84. The Labute approximate surface area is 153 Å². The number of ether oxygens (including phenoxy) is 2. The first kappa shape index (κ1) is 19.0. The lowest BCUT2D eigenvalue weighted by Gasteiger charge is -2.12. The minimum Gasteiger partial charge on any atom is -0.483 e. The number of halogens is 1. The molecule has 2 aromatic rings. The van der Waals surface area contributed by atoms with Crippen molar-refractivity contribution in [3.8, 4) is 5.75 Å². The smallest absolute Gasteiger partial charge is 0.337 e. The van der Waals surface area contributed by atoms with Gasteiger partial charge in [0, 0.05) is 11.5 Å². The van der Waals surface area contributed by atoms with E-state index in [0.29, 0.717) is 15.8 Å². The lowest BCUT2D eigenvalue weighted by atomic mass is 9.92. The van der Waals surface area contributed by atoms with Gasteiger partial charge >= 0.3 is 5.97 Å². The van der Waals surface area contributed by atoms with Crippen molar-refractivity contribution in [2.45, 2.75) is 26.2 Å². The van der Waals surface area contributed by atoms with E-state index in [1.54, 1.807) is 24.3 Å². The standard InChI is InChI=1S/C17H19BrN2O5/c1-17(2,3)13-8-15(25-20-13)19-14(21)9-24-12-6-5-10(7-11(12)18)16(22)23-4/h5-8H,9H2,1-4H3,(H,19,21). The molecular weight excluding hydrogens is 392 g/mol. The summed E-state index contributed by atoms with van der Waals surface area (Å²) in [6, 6.07) is 6.37. The molecule has 2 rings (SSSR count). The van der Waals surface area contributed by atoms with E-state index in [1.807, 2.05) is 20.8 Å². The average Bonchev–Trinajstić information content (AvgIpc) is 3.01. The molecule has 0 aliphatic carbocycles. The molecule has 0 aliphatic heterocycles. The molecule has 0 fully saturated rings. The van der Waals surface area contributed by atoms with Crippen molar-refractivity contribution in [1.29, 1.82) is 0 Å². The van der Waals surface area contributed by atoms with Gasteiger partial charge in [-0.2, -0.15) is 0 Å². The molecule has 0 unspecified atom stereocenters. The van der Waals surface area contributed by atoms with Crippen LogP contribution < -0.4 is 10.1 Å². The summed E-state index contributed by atoms with van der Waals surface area (Å²) in [4.78, 5) is 23.4. The Balaban J connectivity index is 1.94. The van der Waals surface area contributed by atoms with Crippen LogP contribution in [0.3, 0.4) is 0 Å². The highest BCUT2D eigenvalue weighted by Crippen LogP contribution is 2.27. The monoisotopic (exact) mass is 410 g/mol. The molecule has 0 atom stereocenters. The number of carbonyl (C=O) groups is 2. The first-order valence-corrected chi connectivity index (χ1v) is 8.27. The topological polar surface area (TPSA) is 90.7 Å². The molecule has 1 heterocycles. The van der Waals surface area contributed by atoms with E-state index in [4.69, 9.17) is 9.26 Å². The molecule has 8 heteroatoms. The minimum absolute atomic E-state index is 0.171. The number of anilines is 1. The zero-order valence-corrected chi connectivity index (χ0v) is 16.0. The quantitative estimate of drug-likeness (QED) is 0.757. The second-order valence-electron chi connectivity index (χ2n) is 6.30. The van der Waals surface area contributed by atoms with Crippen LogP contribution in [-0.2, 0) is 14.9 Å². The summed E-state index contributed by atoms with van der Waals surface area (Å²) in [5, 5.41) is 6.51. The maximum absolute atomic E-state index is 12.0. The summed E-state index contributed by atoms with van der Waals surface area (Å²) in [6.07, 6.45) is 0. The number of hydrogen-bond donors (Lipinski definition) is 1. The number of aromatic nitrogens is 1. The van der Waals surface area contributed by atoms with E-state index in [0.717, 1.165) is 5.69 Å². The molecule has 0 aliphatic rings. The van der Waals surface area contributed by atoms with Crippen molar-refractivity contribution in [3.63, 3.8) is 0 Å². The number of benzene rings is 1. The van der Waals surface area contributed by atoms with Gasteiger partial charge in [0.05, 0.1) is 22.8 Å². The van der Waals surface area contributed by atoms with Gasteiger partial charge in [0.2, 0.25) is 5.88 Å². The van der Waals surface area contributed by atoms with Crippen LogP contribution in [0.4, 0.5) is 5.88 Å². The van der Waals surface area contributed by atoms with Gasteiger partial charge in [0.25, 0.3) is 5.91 Å². The van der Waals surface area contributed by atoms with Crippen LogP contribution in [0.15, 0.2) is 33.3 Å². The lowest BCUT2D eigenvalue weighted by molar-refractivity contribution is -0.118. The molecule has 7 nitrogen and oxygen atoms in total. The van der Waals surface area contributed by atoms with Crippen LogP contribution in [0.2, 0.25) is 0 Å². The molecule has 0 saturated heterocycles. The SMILES string of the molecule is COC(=O)c1ccc(OCC(=O)Nc2cc(C(C)(C)C)no2)c(Br)c1. The van der Waals surface area contributed by atoms with Gasteiger partial charge in [0.1, 0.15) is 5.75 Å². The Bertz CT molecular complexity index is 780. The van der Waals surface area contributed by atoms with Gasteiger partial charge < -0.3 is 14.0 Å². The highest BCUT2D eigenvalue weighted by atomic mass is 79.9. The van der Waals surface area contributed by atoms with E-state index in [2.05, 4.69) is 31.1 Å². The van der Waals surface area contributed by atoms with Gasteiger partial charge in [-0.05, 0) is 34.1 Å². The number of rotatable bonds is 5. The maximum atomic E-state index is 12.0. The van der Waals surface area contributed by atoms with Crippen LogP contribution in [0.5, 0.6) is 5.75 Å². The van der Waals surface area contributed by atoms with E-state index in [-0.39, 0.29) is 23.8 Å². The Morgan fingerprint density at radius 2 is 2.00 bits per heavy atom. The zero-order valence-electron chi connectivity index (χ0n) is 14.4. The van der Waals surface area contributed by atoms with Crippen LogP contribution in [0.1, 0.15) is 36.8 Å². The number of amides is 1. The van der Waals surface area contributed by atoms with Crippen molar-refractivity contribution < 1.29 is 23.6 Å². The normalized spacial score (nSPS) is 11.1. The first-order chi connectivity index (χ1) is 11.7. The summed E-state index contributed by atoms with van der Waals surface area (Å²) < 4.78 is 15.7. The maximum Gasteiger partial charge on any atom is 0.337 e. The molecule has 25 heavy (non-hydrogen) atoms. The number of hydrogen-bond acceptors (Lipinski definition) is 6. The molecular formula is C17H19BrN2O5. The number of nitrogens with one attached hydrogen (secondary N) is 1. The van der Waals surface area contributed by atoms with Crippen LogP contribution in [0.25, 0.3) is 0 Å². The van der Waals surface area contributed by atoms with Crippen molar-refractivity contribution in [2.24, 2.45) is 0 Å². The number of nitrogens with zero attached hydrogens (tertiary/aromatic N) is 1. The molecule has 0 saturated carbocycles. The molecule has 1 aromatic carbocycles. The second kappa shape index (κ2) is 7.69. The largest absolute Gasteiger partial charge is 0.483 e. The highest BCUT2D eigenvalue weighted by Gasteiger charge is 2.20. The Hall–Kier alpha value is -2.35. The summed E-state index contributed by atoms with van der Waals surface area (Å²) in [7, 11) is 1.31. The first-order valence-electron chi connectivity index (χ1n) is 7.48.